The van der Waals surface area contributed by atoms with Gasteiger partial charge >= 0.3 is 0 Å². The van der Waals surface area contributed by atoms with Crippen LogP contribution < -0.4 is 20.9 Å². The highest BCUT2D eigenvalue weighted by atomic mass is 35.5. The molecule has 0 aliphatic carbocycles. The smallest absolute Gasteiger partial charge is 0.271 e. The summed E-state index contributed by atoms with van der Waals surface area (Å²) < 4.78 is 0. The molecular formula is C20H20ClN7O2. The minimum absolute atomic E-state index is 0.0251. The first-order valence-corrected chi connectivity index (χ1v) is 9.77. The summed E-state index contributed by atoms with van der Waals surface area (Å²) >= 11 is 5.98. The number of aromatic nitrogens is 2. The van der Waals surface area contributed by atoms with E-state index in [2.05, 4.69) is 37.2 Å². The second kappa shape index (κ2) is 8.42. The topological polar surface area (TPSA) is 113 Å². The predicted molar refractivity (Wildman–Crippen MR) is 119 cm³/mol. The Morgan fingerprint density at radius 1 is 1.03 bits per heavy atom. The summed E-state index contributed by atoms with van der Waals surface area (Å²) in [4.78, 5) is 23.3. The Morgan fingerprint density at radius 2 is 1.73 bits per heavy atom. The van der Waals surface area contributed by atoms with Crippen LogP contribution in [0.2, 0.25) is 5.15 Å². The van der Waals surface area contributed by atoms with Gasteiger partial charge in [0.1, 0.15) is 12.0 Å². The average Bonchev–Trinajstić information content (AvgIpc) is 2.77. The number of hydrogen-bond donors (Lipinski definition) is 2. The molecular weight excluding hydrogens is 406 g/mol. The number of nitrogens with two attached hydrogens (primary N) is 1. The van der Waals surface area contributed by atoms with Gasteiger partial charge in [0, 0.05) is 44.0 Å². The van der Waals surface area contributed by atoms with E-state index in [-0.39, 0.29) is 16.5 Å². The molecule has 0 saturated carbocycles. The summed E-state index contributed by atoms with van der Waals surface area (Å²) in [6.45, 7) is 3.20. The van der Waals surface area contributed by atoms with E-state index in [4.69, 9.17) is 17.3 Å². The molecule has 1 saturated heterocycles. The van der Waals surface area contributed by atoms with Crippen LogP contribution in [0.4, 0.5) is 34.3 Å². The number of piperazine rings is 1. The van der Waals surface area contributed by atoms with Gasteiger partial charge in [-0.25, -0.2) is 9.97 Å². The monoisotopic (exact) mass is 425 g/mol. The van der Waals surface area contributed by atoms with Crippen molar-refractivity contribution in [2.24, 2.45) is 0 Å². The number of hydrogen-bond acceptors (Lipinski definition) is 8. The molecule has 0 unspecified atom stereocenters. The molecule has 0 amide bonds. The van der Waals surface area contributed by atoms with Crippen molar-refractivity contribution in [1.82, 2.24) is 9.97 Å². The summed E-state index contributed by atoms with van der Waals surface area (Å²) in [5.41, 5.74) is 8.69. The van der Waals surface area contributed by atoms with Gasteiger partial charge in [-0.1, -0.05) is 29.8 Å². The van der Waals surface area contributed by atoms with Crippen LogP contribution in [0.15, 0.2) is 54.9 Å². The predicted octanol–water partition coefficient (Wildman–Crippen LogP) is 3.69. The highest BCUT2D eigenvalue weighted by Gasteiger charge is 2.22. The molecule has 0 atom stereocenters. The molecule has 30 heavy (non-hydrogen) atoms. The van der Waals surface area contributed by atoms with Gasteiger partial charge in [-0.15, -0.1) is 0 Å². The Labute approximate surface area is 178 Å². The number of nitro groups is 1. The zero-order valence-corrected chi connectivity index (χ0v) is 16.8. The molecule has 0 bridgehead atoms. The van der Waals surface area contributed by atoms with Gasteiger partial charge in [-0.2, -0.15) is 0 Å². The molecule has 1 aliphatic heterocycles. The zero-order chi connectivity index (χ0) is 21.1. The molecule has 3 aromatic rings. The number of rotatable bonds is 5. The average molecular weight is 426 g/mol. The molecule has 2 heterocycles. The fourth-order valence-electron chi connectivity index (χ4n) is 3.46. The number of nitro benzene ring substituents is 1. The number of benzene rings is 2. The summed E-state index contributed by atoms with van der Waals surface area (Å²) in [5, 5.41) is 14.5. The maximum atomic E-state index is 11.3. The molecule has 3 N–H and O–H groups in total. The van der Waals surface area contributed by atoms with E-state index < -0.39 is 4.92 Å². The van der Waals surface area contributed by atoms with Gasteiger partial charge in [0.2, 0.25) is 0 Å². The first kappa shape index (κ1) is 19.7. The van der Waals surface area contributed by atoms with Gasteiger partial charge < -0.3 is 20.9 Å². The van der Waals surface area contributed by atoms with Crippen molar-refractivity contribution in [3.63, 3.8) is 0 Å². The lowest BCUT2D eigenvalue weighted by Crippen LogP contribution is -2.46. The van der Waals surface area contributed by atoms with E-state index in [1.54, 1.807) is 6.07 Å². The number of nitrogen functional groups attached to an aromatic ring is 1. The maximum Gasteiger partial charge on any atom is 0.271 e. The molecule has 0 spiro atoms. The molecule has 2 aromatic carbocycles. The van der Waals surface area contributed by atoms with Gasteiger partial charge in [0.25, 0.3) is 5.69 Å². The van der Waals surface area contributed by atoms with E-state index in [1.807, 2.05) is 18.2 Å². The molecule has 1 aliphatic rings. The maximum absolute atomic E-state index is 11.3. The Bertz CT molecular complexity index is 1060. The Hall–Kier alpha value is -3.59. The fourth-order valence-corrected chi connectivity index (χ4v) is 3.59. The lowest BCUT2D eigenvalue weighted by Gasteiger charge is -2.38. The van der Waals surface area contributed by atoms with Crippen molar-refractivity contribution in [3.05, 3.63) is 70.1 Å². The van der Waals surface area contributed by atoms with Crippen molar-refractivity contribution in [2.75, 3.05) is 47.0 Å². The second-order valence-corrected chi connectivity index (χ2v) is 7.18. The minimum atomic E-state index is -0.432. The van der Waals surface area contributed by atoms with Crippen molar-refractivity contribution < 1.29 is 4.92 Å². The molecule has 4 rings (SSSR count). The molecule has 154 valence electrons. The van der Waals surface area contributed by atoms with Crippen molar-refractivity contribution in [1.29, 1.82) is 0 Å². The summed E-state index contributed by atoms with van der Waals surface area (Å²) in [7, 11) is 0. The van der Waals surface area contributed by atoms with Crippen LogP contribution in [0.1, 0.15) is 0 Å². The van der Waals surface area contributed by atoms with Crippen molar-refractivity contribution >= 4 is 45.9 Å². The first-order chi connectivity index (χ1) is 14.5. The van der Waals surface area contributed by atoms with Gasteiger partial charge in [0.05, 0.1) is 16.3 Å². The largest absolute Gasteiger partial charge is 0.393 e. The van der Waals surface area contributed by atoms with Crippen LogP contribution >= 0.6 is 11.6 Å². The number of nitrogens with one attached hydrogen (secondary N) is 1. The highest BCUT2D eigenvalue weighted by Crippen LogP contribution is 2.35. The van der Waals surface area contributed by atoms with Crippen LogP contribution in [0, 0.1) is 10.1 Å². The normalized spacial score (nSPS) is 13.9. The summed E-state index contributed by atoms with van der Waals surface area (Å²) in [6, 6.07) is 15.0. The number of para-hydroxylation sites is 1. The summed E-state index contributed by atoms with van der Waals surface area (Å²) in [5.74, 6) is 0.305. The number of anilines is 5. The molecule has 1 aromatic heterocycles. The van der Waals surface area contributed by atoms with Crippen LogP contribution in [-0.2, 0) is 0 Å². The minimum Gasteiger partial charge on any atom is -0.393 e. The van der Waals surface area contributed by atoms with E-state index in [0.29, 0.717) is 11.5 Å². The van der Waals surface area contributed by atoms with Crippen LogP contribution in [0.3, 0.4) is 0 Å². The van der Waals surface area contributed by atoms with Gasteiger partial charge in [0.15, 0.2) is 11.0 Å². The van der Waals surface area contributed by atoms with Crippen LogP contribution in [-0.4, -0.2) is 41.1 Å². The molecule has 10 heteroatoms. The SMILES string of the molecule is Nc1c(Cl)ncnc1Nc1cc([N+](=O)[O-])ccc1N1CCN(c2ccccc2)CC1. The molecule has 1 fully saturated rings. The van der Waals surface area contributed by atoms with Crippen molar-refractivity contribution in [2.45, 2.75) is 0 Å². The zero-order valence-electron chi connectivity index (χ0n) is 16.0. The van der Waals surface area contributed by atoms with E-state index in [9.17, 15) is 10.1 Å². The number of halogens is 1. The third-order valence-electron chi connectivity index (χ3n) is 5.02. The second-order valence-electron chi connectivity index (χ2n) is 6.82. The fraction of sp³-hybridized carbons (Fsp3) is 0.200. The van der Waals surface area contributed by atoms with E-state index >= 15 is 0 Å². The van der Waals surface area contributed by atoms with Gasteiger partial charge in [-0.3, -0.25) is 10.1 Å². The first-order valence-electron chi connectivity index (χ1n) is 9.39. The third-order valence-corrected chi connectivity index (χ3v) is 5.32. The standard InChI is InChI=1S/C20H20ClN7O2/c21-19-18(22)20(24-13-23-19)25-16-12-15(28(29)30)6-7-17(16)27-10-8-26(9-11-27)14-4-2-1-3-5-14/h1-7,12-13H,8-11,22H2,(H,23,24,25). The Kier molecular flexibility index (Phi) is 5.53. The number of nitrogens with zero attached hydrogens (tertiary/aromatic N) is 5. The highest BCUT2D eigenvalue weighted by molar-refractivity contribution is 6.32. The number of non-ortho nitro benzene ring substituents is 1. The van der Waals surface area contributed by atoms with Gasteiger partial charge in [-0.05, 0) is 18.2 Å². The van der Waals surface area contributed by atoms with E-state index in [0.717, 1.165) is 31.9 Å². The Balaban J connectivity index is 1.60. The summed E-state index contributed by atoms with van der Waals surface area (Å²) in [6.07, 6.45) is 1.29. The lowest BCUT2D eigenvalue weighted by molar-refractivity contribution is -0.384. The van der Waals surface area contributed by atoms with Crippen LogP contribution in [0.25, 0.3) is 0 Å². The molecule has 0 radical (unpaired) electrons. The van der Waals surface area contributed by atoms with Crippen molar-refractivity contribution in [3.8, 4) is 0 Å². The third kappa shape index (κ3) is 4.06. The Morgan fingerprint density at radius 3 is 2.43 bits per heavy atom. The lowest BCUT2D eigenvalue weighted by atomic mass is 10.1. The molecule has 9 nitrogen and oxygen atoms in total. The quantitative estimate of drug-likeness (QED) is 0.361. The van der Waals surface area contributed by atoms with E-state index in [1.165, 1.54) is 24.1 Å². The van der Waals surface area contributed by atoms with Crippen LogP contribution in [0.5, 0.6) is 0 Å².